The van der Waals surface area contributed by atoms with Crippen LogP contribution < -0.4 is 0 Å². The minimum Gasteiger partial charge on any atom is -0.389 e. The van der Waals surface area contributed by atoms with Crippen LogP contribution >= 0.6 is 23.2 Å². The van der Waals surface area contributed by atoms with Crippen LogP contribution in [0.25, 0.3) is 44.1 Å². The molecule has 0 saturated carbocycles. The van der Waals surface area contributed by atoms with Crippen LogP contribution in [0.5, 0.6) is 0 Å². The first-order chi connectivity index (χ1) is 19.8. The van der Waals surface area contributed by atoms with E-state index in [9.17, 15) is 10.2 Å². The highest BCUT2D eigenvalue weighted by molar-refractivity contribution is 6.30. The lowest BCUT2D eigenvalue weighted by Gasteiger charge is -2.15. The molecule has 0 saturated heterocycles. The predicted octanol–water partition coefficient (Wildman–Crippen LogP) is 6.47. The molecular formula is C31H34Cl2N8O2. The fraction of sp³-hybridized carbons (Fsp3) is 0.290. The Morgan fingerprint density at radius 2 is 1.23 bits per heavy atom. The average Bonchev–Trinajstić information content (AvgIpc) is 3.56. The average molecular weight is 622 g/mol. The summed E-state index contributed by atoms with van der Waals surface area (Å²) in [6.07, 6.45) is 7.00. The molecule has 6 rings (SSSR count). The van der Waals surface area contributed by atoms with E-state index in [1.165, 1.54) is 4.80 Å². The zero-order chi connectivity index (χ0) is 30.1. The van der Waals surface area contributed by atoms with Gasteiger partial charge in [-0.3, -0.25) is 0 Å². The summed E-state index contributed by atoms with van der Waals surface area (Å²) in [7, 11) is 0. The molecule has 224 valence electrons. The van der Waals surface area contributed by atoms with E-state index in [-0.39, 0.29) is 7.43 Å². The molecule has 0 radical (unpaired) electrons. The lowest BCUT2D eigenvalue weighted by molar-refractivity contribution is 0.0531. The molecule has 4 aromatic heterocycles. The molecule has 0 spiro atoms. The first-order valence-corrected chi connectivity index (χ1v) is 13.9. The number of halogens is 2. The summed E-state index contributed by atoms with van der Waals surface area (Å²) in [5.41, 5.74) is 1.74. The second-order valence-corrected chi connectivity index (χ2v) is 12.1. The van der Waals surface area contributed by atoms with Crippen molar-refractivity contribution in [3.05, 3.63) is 83.6 Å². The third kappa shape index (κ3) is 8.55. The number of nitrogens with zero attached hydrogens (tertiary/aromatic N) is 8. The van der Waals surface area contributed by atoms with Crippen LogP contribution in [0.4, 0.5) is 0 Å². The van der Waals surface area contributed by atoms with E-state index >= 15 is 0 Å². The molecular weight excluding hydrogens is 587 g/mol. The largest absolute Gasteiger partial charge is 0.389 e. The normalized spacial score (nSPS) is 11.7. The van der Waals surface area contributed by atoms with E-state index in [1.807, 2.05) is 54.7 Å². The molecule has 4 heterocycles. The maximum absolute atomic E-state index is 9.81. The SMILES string of the molecule is C.CC(C)(O)Cn1cc(-c2ccc3cnc(Cl)cc3c2)nn1.CC(C)(O)Cn1ncc(-c2ccc3cnc(Cl)cc3c2)n1. The van der Waals surface area contributed by atoms with Crippen molar-refractivity contribution in [2.24, 2.45) is 0 Å². The molecule has 0 bridgehead atoms. The zero-order valence-electron chi connectivity index (χ0n) is 23.6. The molecule has 12 heteroatoms. The maximum atomic E-state index is 9.81. The van der Waals surface area contributed by atoms with Gasteiger partial charge >= 0.3 is 0 Å². The molecule has 10 nitrogen and oxygen atoms in total. The highest BCUT2D eigenvalue weighted by Gasteiger charge is 2.16. The van der Waals surface area contributed by atoms with E-state index < -0.39 is 11.2 Å². The molecule has 0 unspecified atom stereocenters. The predicted molar refractivity (Wildman–Crippen MR) is 171 cm³/mol. The molecule has 0 atom stereocenters. The van der Waals surface area contributed by atoms with Gasteiger partial charge in [-0.1, -0.05) is 60.1 Å². The zero-order valence-corrected chi connectivity index (χ0v) is 25.1. The van der Waals surface area contributed by atoms with Crippen molar-refractivity contribution in [2.45, 2.75) is 59.4 Å². The number of aliphatic hydroxyl groups is 2. The van der Waals surface area contributed by atoms with E-state index in [4.69, 9.17) is 23.2 Å². The topological polar surface area (TPSA) is 128 Å². The molecule has 0 aliphatic carbocycles. The monoisotopic (exact) mass is 620 g/mol. The van der Waals surface area contributed by atoms with Gasteiger partial charge < -0.3 is 10.2 Å². The fourth-order valence-electron chi connectivity index (χ4n) is 4.30. The van der Waals surface area contributed by atoms with Crippen molar-refractivity contribution in [1.29, 1.82) is 0 Å². The van der Waals surface area contributed by atoms with Crippen molar-refractivity contribution in [3.8, 4) is 22.5 Å². The second-order valence-electron chi connectivity index (χ2n) is 11.3. The van der Waals surface area contributed by atoms with Crippen molar-refractivity contribution in [1.82, 2.24) is 40.0 Å². The maximum Gasteiger partial charge on any atom is 0.129 e. The minimum absolute atomic E-state index is 0. The van der Waals surface area contributed by atoms with Crippen LogP contribution in [0, 0.1) is 0 Å². The molecule has 2 N–H and O–H groups in total. The number of hydrogen-bond acceptors (Lipinski definition) is 8. The summed E-state index contributed by atoms with van der Waals surface area (Å²) in [6.45, 7) is 7.65. The number of fused-ring (bicyclic) bond motifs is 2. The van der Waals surface area contributed by atoms with Crippen LogP contribution in [0.1, 0.15) is 35.1 Å². The van der Waals surface area contributed by atoms with Crippen LogP contribution in [0.15, 0.2) is 73.3 Å². The van der Waals surface area contributed by atoms with Gasteiger partial charge in [-0.25, -0.2) is 14.6 Å². The number of benzene rings is 2. The third-order valence-corrected chi connectivity index (χ3v) is 6.53. The molecule has 43 heavy (non-hydrogen) atoms. The fourth-order valence-corrected chi connectivity index (χ4v) is 4.64. The molecule has 0 aliphatic heterocycles. The highest BCUT2D eigenvalue weighted by atomic mass is 35.5. The number of aromatic nitrogens is 8. The van der Waals surface area contributed by atoms with E-state index in [2.05, 4.69) is 30.5 Å². The van der Waals surface area contributed by atoms with Crippen molar-refractivity contribution in [3.63, 3.8) is 0 Å². The Bertz CT molecular complexity index is 1720. The van der Waals surface area contributed by atoms with E-state index in [1.54, 1.807) is 51.0 Å². The summed E-state index contributed by atoms with van der Waals surface area (Å²) in [5, 5.41) is 41.4. The standard InChI is InChI=1S/2C15H15ClN4O.CH4/c1-15(2,21)9-20-8-13(18-19-20)10-3-4-11-7-17-14(16)6-12(11)5-10;1-15(2,21)9-20-18-8-13(19-20)10-3-4-11-7-17-14(16)6-12(11)5-10;/h2*3-8,21H,9H2,1-2H3;1H4. The van der Waals surface area contributed by atoms with Gasteiger partial charge in [-0.2, -0.15) is 15.0 Å². The van der Waals surface area contributed by atoms with Gasteiger partial charge in [-0.15, -0.1) is 5.10 Å². The summed E-state index contributed by atoms with van der Waals surface area (Å²) in [5.74, 6) is 0. The third-order valence-electron chi connectivity index (χ3n) is 6.12. The lowest BCUT2D eigenvalue weighted by Crippen LogP contribution is -2.27. The molecule has 2 aromatic carbocycles. The van der Waals surface area contributed by atoms with Crippen LogP contribution in [0.3, 0.4) is 0 Å². The minimum atomic E-state index is -0.848. The van der Waals surface area contributed by atoms with Crippen LogP contribution in [-0.4, -0.2) is 61.4 Å². The summed E-state index contributed by atoms with van der Waals surface area (Å²) >= 11 is 11.8. The Morgan fingerprint density at radius 1 is 0.698 bits per heavy atom. The van der Waals surface area contributed by atoms with Crippen molar-refractivity contribution in [2.75, 3.05) is 0 Å². The Balaban J connectivity index is 0.000000192. The number of hydrogen-bond donors (Lipinski definition) is 2. The summed E-state index contributed by atoms with van der Waals surface area (Å²) in [4.78, 5) is 9.62. The van der Waals surface area contributed by atoms with Crippen LogP contribution in [0.2, 0.25) is 10.3 Å². The number of rotatable bonds is 6. The smallest absolute Gasteiger partial charge is 0.129 e. The molecule has 0 fully saturated rings. The lowest BCUT2D eigenvalue weighted by atomic mass is 10.1. The van der Waals surface area contributed by atoms with Gasteiger partial charge in [0.1, 0.15) is 21.7 Å². The molecule has 0 aliphatic rings. The van der Waals surface area contributed by atoms with Gasteiger partial charge in [0.25, 0.3) is 0 Å². The van der Waals surface area contributed by atoms with Gasteiger partial charge in [0.05, 0.1) is 36.7 Å². The Morgan fingerprint density at radius 3 is 1.77 bits per heavy atom. The number of pyridine rings is 2. The Labute approximate surface area is 259 Å². The van der Waals surface area contributed by atoms with Gasteiger partial charge in [0.15, 0.2) is 0 Å². The van der Waals surface area contributed by atoms with E-state index in [0.29, 0.717) is 23.4 Å². The van der Waals surface area contributed by atoms with E-state index in [0.717, 1.165) is 44.1 Å². The van der Waals surface area contributed by atoms with Crippen molar-refractivity contribution < 1.29 is 10.2 Å². The Hall–Kier alpha value is -3.96. The van der Waals surface area contributed by atoms with Crippen molar-refractivity contribution >= 4 is 44.7 Å². The van der Waals surface area contributed by atoms with Gasteiger partial charge in [0.2, 0.25) is 0 Å². The summed E-state index contributed by atoms with van der Waals surface area (Å²) in [6, 6.07) is 15.5. The first-order valence-electron chi connectivity index (χ1n) is 13.2. The van der Waals surface area contributed by atoms with Gasteiger partial charge in [0, 0.05) is 34.3 Å². The molecule has 6 aromatic rings. The van der Waals surface area contributed by atoms with Crippen LogP contribution in [-0.2, 0) is 13.1 Å². The van der Waals surface area contributed by atoms with Gasteiger partial charge in [-0.05, 0) is 62.7 Å². The first kappa shape index (κ1) is 32.0. The Kier molecular flexibility index (Phi) is 9.46. The highest BCUT2D eigenvalue weighted by Crippen LogP contribution is 2.25. The second kappa shape index (κ2) is 12.7. The molecule has 0 amide bonds. The summed E-state index contributed by atoms with van der Waals surface area (Å²) < 4.78 is 1.64. The quantitative estimate of drug-likeness (QED) is 0.203.